The van der Waals surface area contributed by atoms with Gasteiger partial charge in [0.1, 0.15) is 13.2 Å². The molecule has 0 saturated heterocycles. The lowest BCUT2D eigenvalue weighted by molar-refractivity contribution is -0.143. The van der Waals surface area contributed by atoms with Gasteiger partial charge in [-0.05, 0) is 33.7 Å². The van der Waals surface area contributed by atoms with Crippen molar-refractivity contribution in [3.8, 4) is 0 Å². The van der Waals surface area contributed by atoms with E-state index in [1.165, 1.54) is 0 Å². The number of carbonyl (C=O) groups excluding carboxylic acids is 2. The molecule has 4 nitrogen and oxygen atoms in total. The summed E-state index contributed by atoms with van der Waals surface area (Å²) >= 11 is 36.4. The average Bonchev–Trinajstić information content (AvgIpc) is 3.22. The van der Waals surface area contributed by atoms with Crippen molar-refractivity contribution in [2.45, 2.75) is 84.7 Å². The summed E-state index contributed by atoms with van der Waals surface area (Å²) < 4.78 is 9.82. The van der Waals surface area contributed by atoms with Crippen LogP contribution in [0.5, 0.6) is 0 Å². The molecule has 0 aliphatic carbocycles. The van der Waals surface area contributed by atoms with Crippen LogP contribution in [0, 0.1) is 0 Å². The molecule has 0 spiro atoms. The van der Waals surface area contributed by atoms with Gasteiger partial charge < -0.3 is 9.47 Å². The summed E-state index contributed by atoms with van der Waals surface area (Å²) in [5.41, 5.74) is 1.91. The maximum Gasteiger partial charge on any atom is 0.352 e. The van der Waals surface area contributed by atoms with Gasteiger partial charge in [0.15, 0.2) is 0 Å². The number of ether oxygens (including phenoxy) is 2. The van der Waals surface area contributed by atoms with Crippen LogP contribution in [0.4, 0.5) is 0 Å². The van der Waals surface area contributed by atoms with Crippen molar-refractivity contribution in [1.29, 1.82) is 0 Å². The van der Waals surface area contributed by atoms with Crippen LogP contribution in [0.1, 0.15) is 70.5 Å². The van der Waals surface area contributed by atoms with E-state index in [1.807, 2.05) is 33.7 Å². The second kappa shape index (κ2) is 28.5. The highest BCUT2D eigenvalue weighted by Crippen LogP contribution is 2.26. The first kappa shape index (κ1) is 56.6. The summed E-state index contributed by atoms with van der Waals surface area (Å²) in [7, 11) is 0. The smallest absolute Gasteiger partial charge is 0.352 e. The molecule has 220 valence electrons. The Morgan fingerprint density at radius 2 is 0.889 bits per heavy atom. The number of rotatable bonds is 8. The van der Waals surface area contributed by atoms with Crippen LogP contribution >= 0.6 is 89.1 Å². The van der Waals surface area contributed by atoms with Gasteiger partial charge in [-0.1, -0.05) is 59.4 Å². The van der Waals surface area contributed by atoms with Crippen molar-refractivity contribution in [2.75, 3.05) is 0 Å². The van der Waals surface area contributed by atoms with Crippen LogP contribution in [-0.4, -0.2) is 23.9 Å². The summed E-state index contributed by atoms with van der Waals surface area (Å²) in [6.45, 7) is 0.495. The van der Waals surface area contributed by atoms with E-state index in [2.05, 4.69) is 0 Å². The maximum absolute atomic E-state index is 11.1. The summed E-state index contributed by atoms with van der Waals surface area (Å²) in [6, 6.07) is -2.23. The molecule has 0 fully saturated rings. The van der Waals surface area contributed by atoms with Crippen molar-refractivity contribution >= 4 is 113 Å². The second-order valence-corrected chi connectivity index (χ2v) is 25.0. The van der Waals surface area contributed by atoms with Crippen molar-refractivity contribution < 1.29 is 19.1 Å². The van der Waals surface area contributed by atoms with E-state index in [-0.39, 0.29) is 84.7 Å². The monoisotopic (exact) mass is 704 g/mol. The molecule has 36 heavy (non-hydrogen) atoms. The average molecular weight is 708 g/mol. The predicted molar refractivity (Wildman–Crippen MR) is 178 cm³/mol. The molecule has 0 aromatic carbocycles. The zero-order chi connectivity index (χ0) is 21.2. The minimum Gasteiger partial charge on any atom is -0.461 e. The van der Waals surface area contributed by atoms with E-state index in [0.717, 1.165) is 11.1 Å². The first-order valence-electron chi connectivity index (χ1n) is 7.41. The quantitative estimate of drug-likeness (QED) is 0.156. The van der Waals surface area contributed by atoms with Gasteiger partial charge in [0.05, 0.1) is 12.1 Å². The molecule has 0 aliphatic rings. The summed E-state index contributed by atoms with van der Waals surface area (Å²) in [5.74, 6) is -0.911. The molecule has 0 N–H and O–H groups in total. The first-order valence-corrected chi connectivity index (χ1v) is 19.8. The fraction of sp³-hybridized carbons (Fsp3) is 0.545. The van der Waals surface area contributed by atoms with E-state index in [4.69, 9.17) is 75.9 Å². The SMILES string of the molecule is C.C.C.C.C.C.C.C.O=C(C[Si](Cl)(Cl)Cl)OCc1ccsc1.O=C(C[Si](Cl)(Cl)Cl)OCc1ccsc1. The lowest BCUT2D eigenvalue weighted by atomic mass is 10.4. The Bertz CT molecular complexity index is 662. The van der Waals surface area contributed by atoms with Gasteiger partial charge in [0.25, 0.3) is 0 Å². The number of esters is 2. The molecule has 0 atom stereocenters. The van der Waals surface area contributed by atoms with E-state index in [9.17, 15) is 9.59 Å². The molecule has 14 heteroatoms. The number of thiophene rings is 2. The molecule has 0 unspecified atom stereocenters. The van der Waals surface area contributed by atoms with Gasteiger partial charge in [-0.3, -0.25) is 9.59 Å². The molecule has 0 radical (unpaired) electrons. The number of hydrogen-bond acceptors (Lipinski definition) is 6. The van der Waals surface area contributed by atoms with Crippen LogP contribution in [0.2, 0.25) is 12.1 Å². The third-order valence-electron chi connectivity index (χ3n) is 2.65. The highest BCUT2D eigenvalue weighted by molar-refractivity contribution is 7.65. The molecule has 0 aliphatic heterocycles. The van der Waals surface area contributed by atoms with Gasteiger partial charge in [-0.15, -0.1) is 66.5 Å². The van der Waals surface area contributed by atoms with Gasteiger partial charge in [-0.25, -0.2) is 0 Å². The van der Waals surface area contributed by atoms with E-state index in [0.29, 0.717) is 0 Å². The zero-order valence-corrected chi connectivity index (χ0v) is 22.2. The van der Waals surface area contributed by atoms with Crippen molar-refractivity contribution in [3.05, 3.63) is 44.8 Å². The highest BCUT2D eigenvalue weighted by Gasteiger charge is 2.30. The van der Waals surface area contributed by atoms with E-state index in [1.54, 1.807) is 22.7 Å². The lowest BCUT2D eigenvalue weighted by Gasteiger charge is -2.07. The van der Waals surface area contributed by atoms with Gasteiger partial charge in [0.2, 0.25) is 0 Å². The molecule has 0 amide bonds. The molecular formula is C22H46Cl6O4S2Si2. The van der Waals surface area contributed by atoms with Gasteiger partial charge in [0, 0.05) is 11.1 Å². The third-order valence-corrected chi connectivity index (χ3v) is 7.90. The van der Waals surface area contributed by atoms with Crippen LogP contribution in [0.15, 0.2) is 33.7 Å². The zero-order valence-electron chi connectivity index (χ0n) is 14.0. The Morgan fingerprint density at radius 1 is 0.611 bits per heavy atom. The Kier molecular flexibility index (Phi) is 44.9. The lowest BCUT2D eigenvalue weighted by Crippen LogP contribution is -2.17. The fourth-order valence-corrected chi connectivity index (χ4v) is 5.64. The van der Waals surface area contributed by atoms with Crippen LogP contribution in [0.25, 0.3) is 0 Å². The Balaban J connectivity index is -0.0000000594. The molecule has 2 rings (SSSR count). The topological polar surface area (TPSA) is 52.6 Å². The van der Waals surface area contributed by atoms with Crippen LogP contribution in [-0.2, 0) is 32.3 Å². The molecule has 2 aromatic rings. The Morgan fingerprint density at radius 3 is 1.08 bits per heavy atom. The van der Waals surface area contributed by atoms with Gasteiger partial charge >= 0.3 is 23.9 Å². The Hall–Kier alpha value is 0.514. The maximum atomic E-state index is 11.1. The minimum absolute atomic E-state index is 0. The van der Waals surface area contributed by atoms with E-state index < -0.39 is 23.9 Å². The molecular weight excluding hydrogens is 661 g/mol. The normalized spacial score (nSPS) is 8.83. The third kappa shape index (κ3) is 32.5. The summed E-state index contributed by atoms with van der Waals surface area (Å²) in [5, 5.41) is 7.62. The number of halogens is 6. The molecule has 0 saturated carbocycles. The van der Waals surface area contributed by atoms with Crippen molar-refractivity contribution in [1.82, 2.24) is 0 Å². The van der Waals surface area contributed by atoms with Gasteiger partial charge in [-0.2, -0.15) is 22.7 Å². The molecule has 2 aromatic heterocycles. The first-order chi connectivity index (χ1) is 12.9. The largest absolute Gasteiger partial charge is 0.461 e. The minimum atomic E-state index is -2.90. The van der Waals surface area contributed by atoms with Crippen LogP contribution < -0.4 is 0 Å². The van der Waals surface area contributed by atoms with Crippen molar-refractivity contribution in [2.24, 2.45) is 0 Å². The molecule has 2 heterocycles. The highest BCUT2D eigenvalue weighted by atomic mass is 35.8. The Labute approximate surface area is 259 Å². The fourth-order valence-electron chi connectivity index (χ4n) is 1.51. The van der Waals surface area contributed by atoms with E-state index >= 15 is 0 Å². The predicted octanol–water partition coefficient (Wildman–Crippen LogP) is 12.0. The summed E-state index contributed by atoms with van der Waals surface area (Å²) in [6.07, 6.45) is 0. The number of carbonyl (C=O) groups is 2. The molecule has 0 bridgehead atoms. The van der Waals surface area contributed by atoms with Crippen LogP contribution in [0.3, 0.4) is 0 Å². The standard InChI is InChI=1S/2C7H7Cl3O2SSi.8CH4/c2*8-14(9,10)5-7(11)12-3-6-1-2-13-4-6;;;;;;;;/h2*1-2,4H,3,5H2;8*1H4. The second-order valence-electron chi connectivity index (χ2n) is 5.17. The summed E-state index contributed by atoms with van der Waals surface area (Å²) in [4.78, 5) is 22.2. The number of hydrogen-bond donors (Lipinski definition) is 0. The van der Waals surface area contributed by atoms with Crippen molar-refractivity contribution in [3.63, 3.8) is 0 Å².